The topological polar surface area (TPSA) is 70.0 Å². The van der Waals surface area contributed by atoms with E-state index < -0.39 is 0 Å². The number of hydrogen-bond acceptors (Lipinski definition) is 2. The van der Waals surface area contributed by atoms with E-state index in [1.165, 1.54) is 198 Å². The first kappa shape index (κ1) is 43.6. The summed E-state index contributed by atoms with van der Waals surface area (Å²) >= 11 is 0. The maximum Gasteiger partial charge on any atom is -0.0323 e. The molecule has 0 spiro atoms. The minimum Gasteiger partial charge on any atom is -0.344 e. The van der Waals surface area contributed by atoms with Crippen LogP contribution in [0.4, 0.5) is 0 Å². The van der Waals surface area contributed by atoms with Gasteiger partial charge in [0.2, 0.25) is 0 Å². The lowest BCUT2D eigenvalue weighted by Crippen LogP contribution is -1.86. The van der Waals surface area contributed by atoms with Crippen molar-refractivity contribution in [2.45, 2.75) is 206 Å². The first-order valence-corrected chi connectivity index (χ1v) is 17.8. The van der Waals surface area contributed by atoms with Crippen LogP contribution in [0.2, 0.25) is 0 Å². The van der Waals surface area contributed by atoms with Gasteiger partial charge in [0, 0.05) is 0 Å². The average molecular weight is 563 g/mol. The van der Waals surface area contributed by atoms with Crippen LogP contribution in [0.1, 0.15) is 206 Å². The van der Waals surface area contributed by atoms with E-state index in [4.69, 9.17) is 0 Å². The van der Waals surface area contributed by atoms with Gasteiger partial charge in [-0.25, -0.2) is 0 Å². The first-order valence-electron chi connectivity index (χ1n) is 17.8. The minimum absolute atomic E-state index is 0. The average Bonchev–Trinajstić information content (AvgIpc) is 2.92. The molecule has 40 heavy (non-hydrogen) atoms. The highest BCUT2D eigenvalue weighted by molar-refractivity contribution is 4.93. The van der Waals surface area contributed by atoms with Crippen LogP contribution in [0.5, 0.6) is 0 Å². The van der Waals surface area contributed by atoms with Gasteiger partial charge in [0.15, 0.2) is 0 Å². The van der Waals surface area contributed by atoms with Gasteiger partial charge in [-0.3, -0.25) is 0 Å². The second-order valence-corrected chi connectivity index (χ2v) is 12.1. The minimum atomic E-state index is 0. The maximum absolute atomic E-state index is 4.35. The van der Waals surface area contributed by atoms with Crippen LogP contribution in [0.25, 0.3) is 0 Å². The molecule has 6 N–H and O–H groups in total. The van der Waals surface area contributed by atoms with Crippen molar-refractivity contribution >= 4 is 0 Å². The van der Waals surface area contributed by atoms with E-state index in [2.05, 4.69) is 44.7 Å². The summed E-state index contributed by atoms with van der Waals surface area (Å²) in [5, 5.41) is 0. The highest BCUT2D eigenvalue weighted by atomic mass is 14.0. The van der Waals surface area contributed by atoms with Crippen molar-refractivity contribution in [1.29, 1.82) is 0 Å². The summed E-state index contributed by atoms with van der Waals surface area (Å²) in [6.45, 7) is 8.94. The first-order chi connectivity index (χ1) is 18.8. The fourth-order valence-electron chi connectivity index (χ4n) is 5.37. The molecule has 0 heterocycles. The standard InChI is InChI=1S/C38H72.2H3N/c1-4-6-8-10-12-14-16-18-20-22-24-26-28-30-32-34-36-38(3)37-35-33-31-29-27-25-23-21-19-17-15-13-11-9-7-5-2;;/h18-21H,3-17,22-37H2,1-2H3;2*1H3/b20-18-,21-19-;;. The number of unbranched alkanes of at least 4 members (excludes halogenated alkanes) is 24. The zero-order valence-corrected chi connectivity index (χ0v) is 28.1. The molecule has 0 aliphatic carbocycles. The number of hydrogen-bond donors (Lipinski definition) is 2. The predicted octanol–water partition coefficient (Wildman–Crippen LogP) is 14.7. The van der Waals surface area contributed by atoms with Crippen molar-refractivity contribution in [2.24, 2.45) is 0 Å². The Labute approximate surface area is 254 Å². The van der Waals surface area contributed by atoms with Crippen LogP contribution in [-0.2, 0) is 0 Å². The van der Waals surface area contributed by atoms with Crippen LogP contribution in [0.15, 0.2) is 36.5 Å². The molecule has 2 heteroatoms. The van der Waals surface area contributed by atoms with Gasteiger partial charge in [-0.1, -0.05) is 166 Å². The molecular weight excluding hydrogens is 484 g/mol. The lowest BCUT2D eigenvalue weighted by molar-refractivity contribution is 0.576. The van der Waals surface area contributed by atoms with Gasteiger partial charge in [0.05, 0.1) is 0 Å². The fraction of sp³-hybridized carbons (Fsp3) is 0.842. The zero-order valence-electron chi connectivity index (χ0n) is 28.1. The predicted molar refractivity (Wildman–Crippen MR) is 187 cm³/mol. The van der Waals surface area contributed by atoms with Gasteiger partial charge in [0.1, 0.15) is 0 Å². The van der Waals surface area contributed by atoms with Crippen LogP contribution in [0.3, 0.4) is 0 Å². The van der Waals surface area contributed by atoms with E-state index in [1.807, 2.05) is 0 Å². The zero-order chi connectivity index (χ0) is 27.6. The molecule has 0 aliphatic heterocycles. The fourth-order valence-corrected chi connectivity index (χ4v) is 5.37. The summed E-state index contributed by atoms with van der Waals surface area (Å²) in [5.41, 5.74) is 1.51. The molecule has 2 nitrogen and oxygen atoms in total. The number of allylic oxidation sites excluding steroid dienone is 5. The highest BCUT2D eigenvalue weighted by Gasteiger charge is 1.98. The van der Waals surface area contributed by atoms with E-state index in [0.29, 0.717) is 0 Å². The van der Waals surface area contributed by atoms with Crippen LogP contribution < -0.4 is 12.3 Å². The quantitative estimate of drug-likeness (QED) is 0.0632. The molecule has 0 aromatic heterocycles. The second kappa shape index (κ2) is 40.3. The Bertz CT molecular complexity index is 464. The molecular formula is C38H78N2. The van der Waals surface area contributed by atoms with Gasteiger partial charge < -0.3 is 12.3 Å². The number of rotatable bonds is 32. The summed E-state index contributed by atoms with van der Waals surface area (Å²) in [6.07, 6.45) is 51.2. The van der Waals surface area contributed by atoms with Gasteiger partial charge >= 0.3 is 0 Å². The monoisotopic (exact) mass is 563 g/mol. The molecule has 0 atom stereocenters. The normalized spacial score (nSPS) is 11.2. The van der Waals surface area contributed by atoms with Gasteiger partial charge in [0.25, 0.3) is 0 Å². The van der Waals surface area contributed by atoms with Crippen molar-refractivity contribution in [3.63, 3.8) is 0 Å². The van der Waals surface area contributed by atoms with E-state index >= 15 is 0 Å². The van der Waals surface area contributed by atoms with Gasteiger partial charge in [-0.15, -0.1) is 0 Å². The highest BCUT2D eigenvalue weighted by Crippen LogP contribution is 2.17. The van der Waals surface area contributed by atoms with Gasteiger partial charge in [-0.2, -0.15) is 0 Å². The largest absolute Gasteiger partial charge is 0.344 e. The third kappa shape index (κ3) is 39.3. The molecule has 0 aromatic rings. The molecule has 0 saturated carbocycles. The molecule has 0 bridgehead atoms. The van der Waals surface area contributed by atoms with Crippen molar-refractivity contribution < 1.29 is 0 Å². The molecule has 0 unspecified atom stereocenters. The van der Waals surface area contributed by atoms with Crippen molar-refractivity contribution in [3.05, 3.63) is 36.5 Å². The van der Waals surface area contributed by atoms with Crippen LogP contribution in [0, 0.1) is 0 Å². The van der Waals surface area contributed by atoms with Gasteiger partial charge in [-0.05, 0) is 77.0 Å². The molecule has 0 saturated heterocycles. The van der Waals surface area contributed by atoms with Crippen molar-refractivity contribution in [1.82, 2.24) is 12.3 Å². The smallest absolute Gasteiger partial charge is 0.0323 e. The Morgan fingerprint density at radius 2 is 0.575 bits per heavy atom. The Morgan fingerprint density at radius 3 is 0.850 bits per heavy atom. The Morgan fingerprint density at radius 1 is 0.350 bits per heavy atom. The molecule has 240 valence electrons. The van der Waals surface area contributed by atoms with E-state index in [9.17, 15) is 0 Å². The van der Waals surface area contributed by atoms with Crippen LogP contribution in [-0.4, -0.2) is 0 Å². The summed E-state index contributed by atoms with van der Waals surface area (Å²) in [4.78, 5) is 0. The van der Waals surface area contributed by atoms with Crippen LogP contribution >= 0.6 is 0 Å². The third-order valence-corrected chi connectivity index (χ3v) is 8.08. The lowest BCUT2D eigenvalue weighted by atomic mass is 10.0. The summed E-state index contributed by atoms with van der Waals surface area (Å²) < 4.78 is 0. The van der Waals surface area contributed by atoms with Crippen molar-refractivity contribution in [2.75, 3.05) is 0 Å². The molecule has 0 fully saturated rings. The molecule has 0 rings (SSSR count). The molecule has 0 aromatic carbocycles. The molecule has 0 amide bonds. The van der Waals surface area contributed by atoms with Crippen molar-refractivity contribution in [3.8, 4) is 0 Å². The van der Waals surface area contributed by atoms with E-state index in [1.54, 1.807) is 0 Å². The third-order valence-electron chi connectivity index (χ3n) is 8.08. The summed E-state index contributed by atoms with van der Waals surface area (Å²) in [7, 11) is 0. The SMILES string of the molecule is C=C(CCCCCCCC/C=C\CCCCCCCC)CCCCCCCC/C=C\CCCCCCCC.N.N. The van der Waals surface area contributed by atoms with E-state index in [0.717, 1.165) is 0 Å². The Hall–Kier alpha value is -0.860. The summed E-state index contributed by atoms with van der Waals surface area (Å²) in [6, 6.07) is 0. The summed E-state index contributed by atoms with van der Waals surface area (Å²) in [5.74, 6) is 0. The maximum atomic E-state index is 4.35. The molecule has 0 aliphatic rings. The lowest BCUT2D eigenvalue weighted by Gasteiger charge is -2.06. The van der Waals surface area contributed by atoms with E-state index in [-0.39, 0.29) is 12.3 Å². The Balaban J connectivity index is -0.00000684. The second-order valence-electron chi connectivity index (χ2n) is 12.1. The Kier molecular flexibility index (Phi) is 43.9. The molecule has 0 radical (unpaired) electrons.